The molecule has 0 aromatic rings. The van der Waals surface area contributed by atoms with E-state index in [4.69, 9.17) is 4.74 Å². The topological polar surface area (TPSA) is 81.7 Å². The number of carbonyl (C=O) groups excluding carboxylic acids is 1. The molecule has 1 heterocycles. The Labute approximate surface area is 104 Å². The molecule has 1 N–H and O–H groups in total. The first-order valence-corrected chi connectivity index (χ1v) is 6.69. The van der Waals surface area contributed by atoms with Crippen LogP contribution in [0.4, 0.5) is 4.79 Å². The molecule has 1 aliphatic rings. The Balaban J connectivity index is 2.49. The van der Waals surface area contributed by atoms with Crippen molar-refractivity contribution in [2.75, 3.05) is 13.1 Å². The lowest BCUT2D eigenvalue weighted by atomic mass is 10.1. The Morgan fingerprint density at radius 2 is 2.18 bits per heavy atom. The van der Waals surface area contributed by atoms with E-state index >= 15 is 0 Å². The van der Waals surface area contributed by atoms with Crippen molar-refractivity contribution in [2.24, 2.45) is 0 Å². The number of nitrogens with zero attached hydrogens (tertiary/aromatic N) is 1. The maximum Gasteiger partial charge on any atom is 0.410 e. The van der Waals surface area contributed by atoms with Gasteiger partial charge in [0.2, 0.25) is 0 Å². The molecule has 1 amide bonds. The van der Waals surface area contributed by atoms with Crippen molar-refractivity contribution in [3.63, 3.8) is 0 Å². The Hall–Kier alpha value is -0.660. The maximum atomic E-state index is 11.8. The van der Waals surface area contributed by atoms with Gasteiger partial charge in [-0.15, -0.1) is 0 Å². The van der Waals surface area contributed by atoms with Crippen molar-refractivity contribution in [2.45, 2.75) is 45.3 Å². The number of piperidine rings is 1. The molecule has 0 aromatic carbocycles. The molecule has 0 saturated carbocycles. The van der Waals surface area contributed by atoms with Crippen molar-refractivity contribution in [1.29, 1.82) is 0 Å². The van der Waals surface area contributed by atoms with Crippen LogP contribution < -0.4 is 4.72 Å². The highest BCUT2D eigenvalue weighted by molar-refractivity contribution is 7.77. The second-order valence-corrected chi connectivity index (χ2v) is 5.82. The van der Waals surface area contributed by atoms with E-state index in [-0.39, 0.29) is 12.1 Å². The van der Waals surface area contributed by atoms with Crippen molar-refractivity contribution < 1.29 is 18.3 Å². The van der Waals surface area contributed by atoms with Crippen LogP contribution in [0.5, 0.6) is 0 Å². The van der Waals surface area contributed by atoms with Gasteiger partial charge in [-0.1, -0.05) is 0 Å². The quantitative estimate of drug-likeness (QED) is 0.746. The van der Waals surface area contributed by atoms with Crippen LogP contribution in [0.25, 0.3) is 0 Å². The molecule has 1 fully saturated rings. The van der Waals surface area contributed by atoms with Crippen molar-refractivity contribution in [1.82, 2.24) is 9.62 Å². The third-order valence-corrected chi connectivity index (χ3v) is 2.86. The molecule has 0 spiro atoms. The predicted molar refractivity (Wildman–Crippen MR) is 62.9 cm³/mol. The number of hydrogen-bond donors (Lipinski definition) is 1. The summed E-state index contributed by atoms with van der Waals surface area (Å²) in [4.78, 5) is 13.3. The average molecular weight is 263 g/mol. The molecule has 17 heavy (non-hydrogen) atoms. The number of ether oxygens (including phenoxy) is 1. The number of carbonyl (C=O) groups is 1. The first-order valence-electron chi connectivity index (χ1n) is 5.61. The summed E-state index contributed by atoms with van der Waals surface area (Å²) in [6, 6.07) is -0.213. The lowest BCUT2D eigenvalue weighted by Crippen LogP contribution is -2.49. The fourth-order valence-electron chi connectivity index (χ4n) is 1.70. The molecule has 6 nitrogen and oxygen atoms in total. The minimum absolute atomic E-state index is 0.213. The minimum atomic E-state index is -2.29. The molecule has 0 radical (unpaired) electrons. The van der Waals surface area contributed by atoms with Crippen molar-refractivity contribution in [3.05, 3.63) is 0 Å². The van der Waals surface area contributed by atoms with Crippen LogP contribution in [0.2, 0.25) is 0 Å². The highest BCUT2D eigenvalue weighted by Gasteiger charge is 2.27. The molecular formula is C10H19N2O4S-. The summed E-state index contributed by atoms with van der Waals surface area (Å²) in [7, 11) is 0. The molecule has 2 atom stereocenters. The first-order chi connectivity index (χ1) is 7.78. The zero-order chi connectivity index (χ0) is 13.1. The van der Waals surface area contributed by atoms with Crippen LogP contribution >= 0.6 is 0 Å². The maximum absolute atomic E-state index is 11.8. The number of nitrogens with one attached hydrogen (secondary N) is 1. The van der Waals surface area contributed by atoms with Crippen LogP contribution in [0.1, 0.15) is 33.6 Å². The van der Waals surface area contributed by atoms with E-state index in [2.05, 4.69) is 4.72 Å². The first kappa shape index (κ1) is 14.4. The van der Waals surface area contributed by atoms with Gasteiger partial charge >= 0.3 is 6.09 Å². The van der Waals surface area contributed by atoms with Gasteiger partial charge in [0.1, 0.15) is 5.60 Å². The average Bonchev–Trinajstić information content (AvgIpc) is 2.14. The molecular weight excluding hydrogens is 244 g/mol. The van der Waals surface area contributed by atoms with Gasteiger partial charge in [-0.3, -0.25) is 4.21 Å². The SMILES string of the molecule is CC(C)(C)OC(=O)N1CCCC(NS(=O)[O-])C1. The van der Waals surface area contributed by atoms with Crippen LogP contribution in [0.15, 0.2) is 0 Å². The summed E-state index contributed by atoms with van der Waals surface area (Å²) in [5.41, 5.74) is -0.529. The van der Waals surface area contributed by atoms with E-state index < -0.39 is 16.9 Å². The third-order valence-electron chi connectivity index (χ3n) is 2.34. The second kappa shape index (κ2) is 5.79. The van der Waals surface area contributed by atoms with Gasteiger partial charge < -0.3 is 14.2 Å². The van der Waals surface area contributed by atoms with E-state index in [0.29, 0.717) is 13.1 Å². The third kappa shape index (κ3) is 5.47. The number of hydrogen-bond acceptors (Lipinski definition) is 4. The second-order valence-electron chi connectivity index (χ2n) is 5.12. The molecule has 2 unspecified atom stereocenters. The smallest absolute Gasteiger partial charge is 0.410 e. The van der Waals surface area contributed by atoms with Crippen LogP contribution in [0.3, 0.4) is 0 Å². The Morgan fingerprint density at radius 3 is 2.71 bits per heavy atom. The molecule has 0 bridgehead atoms. The van der Waals surface area contributed by atoms with Gasteiger partial charge in [-0.25, -0.2) is 9.52 Å². The van der Waals surface area contributed by atoms with E-state index in [9.17, 15) is 13.6 Å². The normalized spacial score (nSPS) is 23.3. The fraction of sp³-hybridized carbons (Fsp3) is 0.900. The van der Waals surface area contributed by atoms with Gasteiger partial charge in [0.15, 0.2) is 0 Å². The van der Waals surface area contributed by atoms with Crippen LogP contribution in [-0.4, -0.2) is 44.5 Å². The molecule has 1 rings (SSSR count). The summed E-state index contributed by atoms with van der Waals surface area (Å²) >= 11 is -2.29. The van der Waals surface area contributed by atoms with Crippen LogP contribution in [0, 0.1) is 0 Å². The highest BCUT2D eigenvalue weighted by Crippen LogP contribution is 2.15. The highest BCUT2D eigenvalue weighted by atomic mass is 32.2. The van der Waals surface area contributed by atoms with E-state index in [0.717, 1.165) is 12.8 Å². The van der Waals surface area contributed by atoms with Crippen molar-refractivity contribution in [3.8, 4) is 0 Å². The molecule has 1 aliphatic heterocycles. The van der Waals surface area contributed by atoms with Gasteiger partial charge in [0, 0.05) is 30.4 Å². The van der Waals surface area contributed by atoms with E-state index in [1.807, 2.05) is 0 Å². The Kier molecular flexibility index (Phi) is 4.91. The zero-order valence-electron chi connectivity index (χ0n) is 10.4. The molecule has 7 heteroatoms. The summed E-state index contributed by atoms with van der Waals surface area (Å²) in [5, 5.41) is 0. The van der Waals surface area contributed by atoms with E-state index in [1.54, 1.807) is 25.7 Å². The molecule has 1 saturated heterocycles. The minimum Gasteiger partial charge on any atom is -0.760 e. The monoisotopic (exact) mass is 263 g/mol. The molecule has 0 aromatic heterocycles. The standard InChI is InChI=1S/C10H20N2O4S/c1-10(2,3)16-9(13)12-6-4-5-8(7-12)11-17(14)15/h8,11H,4-7H2,1-3H3,(H,14,15)/p-1. The van der Waals surface area contributed by atoms with E-state index in [1.165, 1.54) is 0 Å². The van der Waals surface area contributed by atoms with Gasteiger partial charge in [0.05, 0.1) is 0 Å². The summed E-state index contributed by atoms with van der Waals surface area (Å²) in [6.45, 7) is 6.38. The number of rotatable bonds is 2. The lowest BCUT2D eigenvalue weighted by molar-refractivity contribution is 0.0194. The lowest BCUT2D eigenvalue weighted by Gasteiger charge is -2.34. The largest absolute Gasteiger partial charge is 0.760 e. The number of amides is 1. The molecule has 100 valence electrons. The fourth-order valence-corrected chi connectivity index (χ4v) is 2.17. The summed E-state index contributed by atoms with van der Waals surface area (Å²) in [6.07, 6.45) is 1.13. The van der Waals surface area contributed by atoms with Crippen LogP contribution in [-0.2, 0) is 16.0 Å². The summed E-state index contributed by atoms with van der Waals surface area (Å²) in [5.74, 6) is 0. The summed E-state index contributed by atoms with van der Waals surface area (Å²) < 4.78 is 28.7. The van der Waals surface area contributed by atoms with Gasteiger partial charge in [-0.2, -0.15) is 0 Å². The Morgan fingerprint density at radius 1 is 1.53 bits per heavy atom. The predicted octanol–water partition coefficient (Wildman–Crippen LogP) is 0.770. The Bertz CT molecular complexity index is 303. The number of likely N-dealkylation sites (tertiary alicyclic amines) is 1. The van der Waals surface area contributed by atoms with Crippen molar-refractivity contribution >= 4 is 17.4 Å². The zero-order valence-corrected chi connectivity index (χ0v) is 11.2. The van der Waals surface area contributed by atoms with Gasteiger partial charge in [-0.05, 0) is 33.6 Å². The van der Waals surface area contributed by atoms with Gasteiger partial charge in [0.25, 0.3) is 0 Å². The molecule has 0 aliphatic carbocycles.